The van der Waals surface area contributed by atoms with Gasteiger partial charge in [0.2, 0.25) is 0 Å². The number of hydrogen-bond donors (Lipinski definition) is 1. The fourth-order valence-electron chi connectivity index (χ4n) is 2.93. The molecular formula is C17H17ClFNO2. The zero-order valence-electron chi connectivity index (χ0n) is 12.5. The number of ether oxygens (including phenoxy) is 2. The fraction of sp³-hybridized carbons (Fsp3) is 0.294. The number of rotatable bonds is 3. The van der Waals surface area contributed by atoms with E-state index in [1.807, 2.05) is 12.1 Å². The van der Waals surface area contributed by atoms with Crippen molar-refractivity contribution in [3.05, 3.63) is 57.9 Å². The molecule has 0 aromatic heterocycles. The highest BCUT2D eigenvalue weighted by molar-refractivity contribution is 6.31. The van der Waals surface area contributed by atoms with E-state index in [0.29, 0.717) is 22.1 Å². The topological polar surface area (TPSA) is 30.5 Å². The number of nitrogens with one attached hydrogen (secondary N) is 1. The molecule has 2 aromatic rings. The molecule has 0 saturated carbocycles. The minimum absolute atomic E-state index is 0.294. The van der Waals surface area contributed by atoms with Gasteiger partial charge < -0.3 is 14.8 Å². The molecule has 2 aromatic carbocycles. The average Bonchev–Trinajstić information content (AvgIpc) is 2.53. The normalized spacial score (nSPS) is 17.0. The number of methoxy groups -OCH3 is 2. The summed E-state index contributed by atoms with van der Waals surface area (Å²) < 4.78 is 25.0. The molecule has 0 amide bonds. The molecule has 1 N–H and O–H groups in total. The summed E-state index contributed by atoms with van der Waals surface area (Å²) in [4.78, 5) is 0. The summed E-state index contributed by atoms with van der Waals surface area (Å²) in [6, 6.07) is 8.30. The first-order valence-corrected chi connectivity index (χ1v) is 7.45. The van der Waals surface area contributed by atoms with E-state index in [0.717, 1.165) is 24.1 Å². The van der Waals surface area contributed by atoms with Crippen molar-refractivity contribution in [2.24, 2.45) is 0 Å². The second-order valence-electron chi connectivity index (χ2n) is 5.18. The Morgan fingerprint density at radius 1 is 1.18 bits per heavy atom. The van der Waals surface area contributed by atoms with E-state index >= 15 is 0 Å². The molecular weight excluding hydrogens is 305 g/mol. The van der Waals surface area contributed by atoms with Crippen LogP contribution in [-0.4, -0.2) is 20.8 Å². The van der Waals surface area contributed by atoms with Crippen LogP contribution in [-0.2, 0) is 6.42 Å². The predicted molar refractivity (Wildman–Crippen MR) is 84.5 cm³/mol. The quantitative estimate of drug-likeness (QED) is 0.934. The number of benzene rings is 2. The SMILES string of the molecule is COc1cc2c(cc1OC)[C@H](c1c(F)cccc1Cl)NCC2. The van der Waals surface area contributed by atoms with Crippen molar-refractivity contribution in [3.63, 3.8) is 0 Å². The Labute approximate surface area is 134 Å². The highest BCUT2D eigenvalue weighted by Gasteiger charge is 2.27. The first-order chi connectivity index (χ1) is 10.7. The van der Waals surface area contributed by atoms with Crippen LogP contribution >= 0.6 is 11.6 Å². The first kappa shape index (κ1) is 15.1. The maximum Gasteiger partial charge on any atom is 0.161 e. The molecule has 22 heavy (non-hydrogen) atoms. The summed E-state index contributed by atoms with van der Waals surface area (Å²) in [6.07, 6.45) is 0.845. The molecule has 0 aliphatic carbocycles. The Bertz CT molecular complexity index is 685. The standard InChI is InChI=1S/C17H17ClFNO2/c1-21-14-8-10-6-7-20-17(11(10)9-15(14)22-2)16-12(18)4-3-5-13(16)19/h3-5,8-9,17,20H,6-7H2,1-2H3/t17-/m1/s1. The van der Waals surface area contributed by atoms with Gasteiger partial charge in [0.1, 0.15) is 5.82 Å². The van der Waals surface area contributed by atoms with Gasteiger partial charge in [-0.3, -0.25) is 0 Å². The number of hydrogen-bond acceptors (Lipinski definition) is 3. The van der Waals surface area contributed by atoms with Gasteiger partial charge in [0, 0.05) is 17.1 Å². The van der Waals surface area contributed by atoms with Crippen molar-refractivity contribution < 1.29 is 13.9 Å². The van der Waals surface area contributed by atoms with Crippen LogP contribution in [0.1, 0.15) is 22.7 Å². The van der Waals surface area contributed by atoms with Gasteiger partial charge in [-0.2, -0.15) is 0 Å². The van der Waals surface area contributed by atoms with Gasteiger partial charge in [-0.05, 0) is 41.8 Å². The lowest BCUT2D eigenvalue weighted by molar-refractivity contribution is 0.352. The largest absolute Gasteiger partial charge is 0.493 e. The Kier molecular flexibility index (Phi) is 4.23. The molecule has 0 bridgehead atoms. The Hall–Kier alpha value is -1.78. The zero-order chi connectivity index (χ0) is 15.7. The van der Waals surface area contributed by atoms with Gasteiger partial charge in [0.25, 0.3) is 0 Å². The second kappa shape index (κ2) is 6.15. The number of fused-ring (bicyclic) bond motifs is 1. The van der Waals surface area contributed by atoms with Crippen molar-refractivity contribution in [3.8, 4) is 11.5 Å². The van der Waals surface area contributed by atoms with Gasteiger partial charge in [-0.1, -0.05) is 17.7 Å². The lowest BCUT2D eigenvalue weighted by Crippen LogP contribution is -2.31. The molecule has 0 unspecified atom stereocenters. The summed E-state index contributed by atoms with van der Waals surface area (Å²) in [6.45, 7) is 0.748. The van der Waals surface area contributed by atoms with E-state index in [4.69, 9.17) is 21.1 Å². The van der Waals surface area contributed by atoms with Gasteiger partial charge in [0.05, 0.1) is 20.3 Å². The van der Waals surface area contributed by atoms with E-state index in [-0.39, 0.29) is 11.9 Å². The summed E-state index contributed by atoms with van der Waals surface area (Å²) >= 11 is 6.23. The summed E-state index contributed by atoms with van der Waals surface area (Å²) in [7, 11) is 3.20. The monoisotopic (exact) mass is 321 g/mol. The molecule has 1 aliphatic heterocycles. The predicted octanol–water partition coefficient (Wildman–Crippen LogP) is 3.73. The summed E-state index contributed by atoms with van der Waals surface area (Å²) in [5, 5.41) is 3.76. The van der Waals surface area contributed by atoms with Gasteiger partial charge in [-0.15, -0.1) is 0 Å². The lowest BCUT2D eigenvalue weighted by atomic mass is 9.89. The van der Waals surface area contributed by atoms with Crippen LogP contribution in [0.3, 0.4) is 0 Å². The second-order valence-corrected chi connectivity index (χ2v) is 5.59. The minimum atomic E-state index is -0.312. The van der Waals surface area contributed by atoms with E-state index in [1.165, 1.54) is 6.07 Å². The Balaban J connectivity index is 2.15. The third-order valence-electron chi connectivity index (χ3n) is 3.99. The summed E-state index contributed by atoms with van der Waals surface area (Å²) in [5.41, 5.74) is 2.55. The highest BCUT2D eigenvalue weighted by atomic mass is 35.5. The van der Waals surface area contributed by atoms with Crippen LogP contribution in [0.2, 0.25) is 5.02 Å². The minimum Gasteiger partial charge on any atom is -0.493 e. The average molecular weight is 322 g/mol. The maximum atomic E-state index is 14.3. The molecule has 5 heteroatoms. The molecule has 116 valence electrons. The molecule has 3 rings (SSSR count). The first-order valence-electron chi connectivity index (χ1n) is 7.07. The molecule has 1 aliphatic rings. The van der Waals surface area contributed by atoms with E-state index in [2.05, 4.69) is 5.32 Å². The molecule has 1 heterocycles. The zero-order valence-corrected chi connectivity index (χ0v) is 13.2. The van der Waals surface area contributed by atoms with Crippen LogP contribution in [0.4, 0.5) is 4.39 Å². The third-order valence-corrected chi connectivity index (χ3v) is 4.32. The van der Waals surface area contributed by atoms with Gasteiger partial charge in [0.15, 0.2) is 11.5 Å². The van der Waals surface area contributed by atoms with E-state index in [9.17, 15) is 4.39 Å². The van der Waals surface area contributed by atoms with Gasteiger partial charge in [-0.25, -0.2) is 4.39 Å². The van der Waals surface area contributed by atoms with E-state index < -0.39 is 0 Å². The lowest BCUT2D eigenvalue weighted by Gasteiger charge is -2.29. The van der Waals surface area contributed by atoms with Crippen LogP contribution in [0.5, 0.6) is 11.5 Å². The van der Waals surface area contributed by atoms with E-state index in [1.54, 1.807) is 26.4 Å². The smallest absolute Gasteiger partial charge is 0.161 e. The van der Waals surface area contributed by atoms with Crippen molar-refractivity contribution in [1.82, 2.24) is 5.32 Å². The molecule has 0 radical (unpaired) electrons. The fourth-order valence-corrected chi connectivity index (χ4v) is 3.20. The number of halogens is 2. The molecule has 0 fully saturated rings. The third kappa shape index (κ3) is 2.53. The van der Waals surface area contributed by atoms with Crippen molar-refractivity contribution in [1.29, 1.82) is 0 Å². The van der Waals surface area contributed by atoms with Crippen LogP contribution in [0, 0.1) is 5.82 Å². The molecule has 0 saturated heterocycles. The van der Waals surface area contributed by atoms with Crippen LogP contribution in [0.15, 0.2) is 30.3 Å². The summed E-state index contributed by atoms with van der Waals surface area (Å²) in [5.74, 6) is 0.997. The van der Waals surface area contributed by atoms with Crippen LogP contribution < -0.4 is 14.8 Å². The van der Waals surface area contributed by atoms with Crippen molar-refractivity contribution in [2.75, 3.05) is 20.8 Å². The highest BCUT2D eigenvalue weighted by Crippen LogP contribution is 2.39. The molecule has 3 nitrogen and oxygen atoms in total. The maximum absolute atomic E-state index is 14.3. The van der Waals surface area contributed by atoms with Crippen molar-refractivity contribution >= 4 is 11.6 Å². The molecule has 0 spiro atoms. The Morgan fingerprint density at radius 3 is 2.59 bits per heavy atom. The molecule has 1 atom stereocenters. The Morgan fingerprint density at radius 2 is 1.91 bits per heavy atom. The van der Waals surface area contributed by atoms with Crippen molar-refractivity contribution in [2.45, 2.75) is 12.5 Å². The van der Waals surface area contributed by atoms with Gasteiger partial charge >= 0.3 is 0 Å². The van der Waals surface area contributed by atoms with Crippen LogP contribution in [0.25, 0.3) is 0 Å².